The standard InChI is InChI=1S/C16H15N/c1-12-9-13-7-8-16(11-14(13)10-12)17-15-5-3-2-4-6-15/h2-8,11,17H,1,9-10H2. The van der Waals surface area contributed by atoms with Gasteiger partial charge < -0.3 is 5.32 Å². The van der Waals surface area contributed by atoms with Crippen molar-refractivity contribution >= 4 is 11.4 Å². The molecule has 0 radical (unpaired) electrons. The van der Waals surface area contributed by atoms with Crippen LogP contribution in [0.2, 0.25) is 0 Å². The van der Waals surface area contributed by atoms with Crippen molar-refractivity contribution in [2.24, 2.45) is 0 Å². The lowest BCUT2D eigenvalue weighted by molar-refractivity contribution is 1.19. The van der Waals surface area contributed by atoms with Crippen molar-refractivity contribution in [1.29, 1.82) is 0 Å². The highest BCUT2D eigenvalue weighted by molar-refractivity contribution is 5.62. The van der Waals surface area contributed by atoms with E-state index in [9.17, 15) is 0 Å². The summed E-state index contributed by atoms with van der Waals surface area (Å²) in [5.74, 6) is 0. The third kappa shape index (κ3) is 2.09. The average molecular weight is 221 g/mol. The Bertz CT molecular complexity index is 555. The van der Waals surface area contributed by atoms with E-state index in [-0.39, 0.29) is 0 Å². The van der Waals surface area contributed by atoms with Gasteiger partial charge in [0.15, 0.2) is 0 Å². The second kappa shape index (κ2) is 4.10. The molecule has 2 aromatic rings. The fourth-order valence-corrected chi connectivity index (χ4v) is 2.33. The molecule has 3 rings (SSSR count). The normalized spacial score (nSPS) is 13.5. The molecule has 0 unspecified atom stereocenters. The Morgan fingerprint density at radius 2 is 1.59 bits per heavy atom. The van der Waals surface area contributed by atoms with E-state index in [1.165, 1.54) is 16.7 Å². The maximum atomic E-state index is 4.06. The minimum absolute atomic E-state index is 1.03. The number of hydrogen-bond acceptors (Lipinski definition) is 1. The molecule has 1 heteroatoms. The summed E-state index contributed by atoms with van der Waals surface area (Å²) in [5.41, 5.74) is 6.44. The molecule has 0 amide bonds. The largest absolute Gasteiger partial charge is 0.356 e. The summed E-state index contributed by atoms with van der Waals surface area (Å²) in [6.45, 7) is 4.06. The molecule has 0 bridgehead atoms. The first-order valence-corrected chi connectivity index (χ1v) is 5.92. The van der Waals surface area contributed by atoms with Gasteiger partial charge in [0, 0.05) is 11.4 Å². The Kier molecular flexibility index (Phi) is 2.45. The van der Waals surface area contributed by atoms with Gasteiger partial charge in [-0.2, -0.15) is 0 Å². The molecule has 1 nitrogen and oxygen atoms in total. The van der Waals surface area contributed by atoms with Gasteiger partial charge in [0.25, 0.3) is 0 Å². The van der Waals surface area contributed by atoms with Crippen LogP contribution in [0.4, 0.5) is 11.4 Å². The van der Waals surface area contributed by atoms with Crippen molar-refractivity contribution in [2.75, 3.05) is 5.32 Å². The fourth-order valence-electron chi connectivity index (χ4n) is 2.33. The monoisotopic (exact) mass is 221 g/mol. The van der Waals surface area contributed by atoms with Crippen LogP contribution in [0.3, 0.4) is 0 Å². The molecule has 0 fully saturated rings. The first-order valence-electron chi connectivity index (χ1n) is 5.92. The Hall–Kier alpha value is -2.02. The Labute approximate surface area is 102 Å². The predicted molar refractivity (Wildman–Crippen MR) is 72.7 cm³/mol. The van der Waals surface area contributed by atoms with Crippen LogP contribution < -0.4 is 5.32 Å². The lowest BCUT2D eigenvalue weighted by Crippen LogP contribution is -1.91. The topological polar surface area (TPSA) is 12.0 Å². The molecule has 0 saturated heterocycles. The summed E-state index contributed by atoms with van der Waals surface area (Å²) < 4.78 is 0. The molecule has 1 N–H and O–H groups in total. The minimum atomic E-state index is 1.03. The molecule has 0 spiro atoms. The first-order chi connectivity index (χ1) is 8.31. The molecule has 84 valence electrons. The number of rotatable bonds is 2. The number of para-hydroxylation sites is 1. The summed E-state index contributed by atoms with van der Waals surface area (Å²) in [7, 11) is 0. The van der Waals surface area contributed by atoms with E-state index in [0.29, 0.717) is 0 Å². The van der Waals surface area contributed by atoms with Crippen LogP contribution in [0.15, 0.2) is 60.7 Å². The van der Waals surface area contributed by atoms with Gasteiger partial charge in [0.05, 0.1) is 0 Å². The minimum Gasteiger partial charge on any atom is -0.356 e. The van der Waals surface area contributed by atoms with E-state index in [4.69, 9.17) is 0 Å². The number of anilines is 2. The average Bonchev–Trinajstić information content (AvgIpc) is 2.70. The summed E-state index contributed by atoms with van der Waals surface area (Å²) in [5, 5.41) is 3.42. The highest BCUT2D eigenvalue weighted by Crippen LogP contribution is 2.28. The van der Waals surface area contributed by atoms with Crippen molar-refractivity contribution in [1.82, 2.24) is 0 Å². The Balaban J connectivity index is 1.86. The summed E-state index contributed by atoms with van der Waals surface area (Å²) in [4.78, 5) is 0. The van der Waals surface area contributed by atoms with Crippen molar-refractivity contribution in [3.8, 4) is 0 Å². The lowest BCUT2D eigenvalue weighted by atomic mass is 10.1. The lowest BCUT2D eigenvalue weighted by Gasteiger charge is -2.08. The molecule has 17 heavy (non-hydrogen) atoms. The van der Waals surface area contributed by atoms with Gasteiger partial charge in [-0.25, -0.2) is 0 Å². The quantitative estimate of drug-likeness (QED) is 0.753. The maximum absolute atomic E-state index is 4.06. The molecule has 1 aliphatic carbocycles. The molecule has 0 atom stereocenters. The van der Waals surface area contributed by atoms with Crippen LogP contribution in [0.5, 0.6) is 0 Å². The molecule has 0 saturated carbocycles. The number of allylic oxidation sites excluding steroid dienone is 1. The van der Waals surface area contributed by atoms with E-state index in [1.807, 2.05) is 18.2 Å². The highest BCUT2D eigenvalue weighted by atomic mass is 14.9. The number of nitrogens with one attached hydrogen (secondary N) is 1. The van der Waals surface area contributed by atoms with Gasteiger partial charge in [0.2, 0.25) is 0 Å². The van der Waals surface area contributed by atoms with Crippen molar-refractivity contribution < 1.29 is 0 Å². The second-order valence-corrected chi connectivity index (χ2v) is 4.58. The summed E-state index contributed by atoms with van der Waals surface area (Å²) in [6, 6.07) is 16.8. The molecule has 0 aromatic heterocycles. The molecular weight excluding hydrogens is 206 g/mol. The van der Waals surface area contributed by atoms with Crippen molar-refractivity contribution in [2.45, 2.75) is 12.8 Å². The zero-order chi connectivity index (χ0) is 11.7. The van der Waals surface area contributed by atoms with Gasteiger partial charge in [0.1, 0.15) is 0 Å². The van der Waals surface area contributed by atoms with Crippen molar-refractivity contribution in [3.63, 3.8) is 0 Å². The van der Waals surface area contributed by atoms with Gasteiger partial charge in [-0.05, 0) is 48.2 Å². The molecule has 0 aliphatic heterocycles. The van der Waals surface area contributed by atoms with Crippen LogP contribution in [0.25, 0.3) is 0 Å². The van der Waals surface area contributed by atoms with E-state index in [2.05, 4.69) is 42.2 Å². The van der Waals surface area contributed by atoms with Crippen molar-refractivity contribution in [3.05, 3.63) is 71.8 Å². The Morgan fingerprint density at radius 3 is 2.41 bits per heavy atom. The SMILES string of the molecule is C=C1Cc2ccc(Nc3ccccc3)cc2C1. The van der Waals surface area contributed by atoms with Gasteiger partial charge in [-0.3, -0.25) is 0 Å². The third-order valence-electron chi connectivity index (χ3n) is 3.15. The summed E-state index contributed by atoms with van der Waals surface area (Å²) >= 11 is 0. The van der Waals surface area contributed by atoms with Crippen LogP contribution in [-0.4, -0.2) is 0 Å². The number of fused-ring (bicyclic) bond motifs is 1. The Morgan fingerprint density at radius 1 is 0.824 bits per heavy atom. The van der Waals surface area contributed by atoms with Gasteiger partial charge in [-0.15, -0.1) is 0 Å². The van der Waals surface area contributed by atoms with E-state index >= 15 is 0 Å². The van der Waals surface area contributed by atoms with E-state index < -0.39 is 0 Å². The number of benzene rings is 2. The predicted octanol–water partition coefficient (Wildman–Crippen LogP) is 4.09. The van der Waals surface area contributed by atoms with Gasteiger partial charge >= 0.3 is 0 Å². The zero-order valence-electron chi connectivity index (χ0n) is 9.74. The highest BCUT2D eigenvalue weighted by Gasteiger charge is 2.13. The third-order valence-corrected chi connectivity index (χ3v) is 3.15. The summed E-state index contributed by atoms with van der Waals surface area (Å²) in [6.07, 6.45) is 2.07. The number of hydrogen-bond donors (Lipinski definition) is 1. The molecule has 1 aliphatic rings. The van der Waals surface area contributed by atoms with Crippen LogP contribution in [0.1, 0.15) is 11.1 Å². The maximum Gasteiger partial charge on any atom is 0.0387 e. The zero-order valence-corrected chi connectivity index (χ0v) is 9.74. The second-order valence-electron chi connectivity index (χ2n) is 4.58. The molecule has 2 aromatic carbocycles. The van der Waals surface area contributed by atoms with Crippen LogP contribution in [-0.2, 0) is 12.8 Å². The van der Waals surface area contributed by atoms with E-state index in [1.54, 1.807) is 0 Å². The molecule has 0 heterocycles. The first kappa shape index (κ1) is 10.2. The van der Waals surface area contributed by atoms with Gasteiger partial charge in [-0.1, -0.05) is 36.4 Å². The smallest absolute Gasteiger partial charge is 0.0387 e. The fraction of sp³-hybridized carbons (Fsp3) is 0.125. The van der Waals surface area contributed by atoms with E-state index in [0.717, 1.165) is 24.2 Å². The van der Waals surface area contributed by atoms with Crippen LogP contribution >= 0.6 is 0 Å². The van der Waals surface area contributed by atoms with Crippen LogP contribution in [0, 0.1) is 0 Å². The molecular formula is C16H15N.